The van der Waals surface area contributed by atoms with Crippen LogP contribution in [0.15, 0.2) is 18.2 Å². The normalized spacial score (nSPS) is 13.6. The number of nitrogens with one attached hydrogen (secondary N) is 1. The van der Waals surface area contributed by atoms with E-state index in [0.29, 0.717) is 6.42 Å². The van der Waals surface area contributed by atoms with Gasteiger partial charge in [-0.3, -0.25) is 0 Å². The van der Waals surface area contributed by atoms with Crippen molar-refractivity contribution in [2.24, 2.45) is 0 Å². The second kappa shape index (κ2) is 6.45. The molecule has 0 saturated heterocycles. The predicted molar refractivity (Wildman–Crippen MR) is 67.0 cm³/mol. The quantitative estimate of drug-likeness (QED) is 0.820. The molecule has 102 valence electrons. The average Bonchev–Trinajstić information content (AvgIpc) is 2.29. The monoisotopic (exact) mass is 297 g/mol. The zero-order valence-electron chi connectivity index (χ0n) is 9.79. The van der Waals surface area contributed by atoms with Crippen LogP contribution in [0.5, 0.6) is 0 Å². The molecule has 0 aliphatic carbocycles. The number of hydrogen-bond acceptors (Lipinski definition) is 2. The van der Waals surface area contributed by atoms with Gasteiger partial charge in [-0.1, -0.05) is 0 Å². The van der Waals surface area contributed by atoms with Crippen LogP contribution in [-0.4, -0.2) is 20.1 Å². The van der Waals surface area contributed by atoms with E-state index in [1.165, 1.54) is 6.92 Å². The van der Waals surface area contributed by atoms with E-state index in [1.807, 2.05) is 0 Å². The second-order valence-electron chi connectivity index (χ2n) is 3.87. The zero-order chi connectivity index (χ0) is 13.8. The number of benzene rings is 1. The summed E-state index contributed by atoms with van der Waals surface area (Å²) in [6, 6.07) is 2.09. The van der Waals surface area contributed by atoms with Gasteiger partial charge in [0.2, 0.25) is 10.0 Å². The van der Waals surface area contributed by atoms with Gasteiger partial charge < -0.3 is 0 Å². The van der Waals surface area contributed by atoms with Crippen molar-refractivity contribution < 1.29 is 17.2 Å². The molecule has 1 aromatic carbocycles. The van der Waals surface area contributed by atoms with Crippen molar-refractivity contribution in [2.45, 2.75) is 19.4 Å². The molecule has 0 aliphatic rings. The van der Waals surface area contributed by atoms with Crippen molar-refractivity contribution >= 4 is 21.6 Å². The lowest BCUT2D eigenvalue weighted by atomic mass is 10.1. The van der Waals surface area contributed by atoms with Crippen molar-refractivity contribution in [1.29, 1.82) is 0 Å². The van der Waals surface area contributed by atoms with E-state index in [1.54, 1.807) is 0 Å². The molecule has 0 amide bonds. The largest absolute Gasteiger partial charge is 0.212 e. The Balaban J connectivity index is 2.82. The van der Waals surface area contributed by atoms with Crippen LogP contribution in [0.1, 0.15) is 24.9 Å². The average molecular weight is 298 g/mol. The van der Waals surface area contributed by atoms with Gasteiger partial charge in [-0.15, -0.1) is 11.6 Å². The SMILES string of the molecule is CC(NS(=O)(=O)CCCCl)c1cc(F)ccc1F. The first-order valence-corrected chi connectivity index (χ1v) is 7.55. The van der Waals surface area contributed by atoms with Gasteiger partial charge in [0.15, 0.2) is 0 Å². The molecular weight excluding hydrogens is 284 g/mol. The van der Waals surface area contributed by atoms with E-state index < -0.39 is 27.7 Å². The van der Waals surface area contributed by atoms with E-state index in [4.69, 9.17) is 11.6 Å². The Labute approximate surface area is 110 Å². The number of hydrogen-bond donors (Lipinski definition) is 1. The Hall–Kier alpha value is -0.720. The highest BCUT2D eigenvalue weighted by molar-refractivity contribution is 7.89. The molecule has 0 spiro atoms. The summed E-state index contributed by atoms with van der Waals surface area (Å²) in [5.41, 5.74) is -0.0237. The molecule has 3 nitrogen and oxygen atoms in total. The van der Waals surface area contributed by atoms with Crippen LogP contribution in [-0.2, 0) is 10.0 Å². The molecule has 0 fully saturated rings. The summed E-state index contributed by atoms with van der Waals surface area (Å²) in [4.78, 5) is 0. The van der Waals surface area contributed by atoms with Crippen LogP contribution in [0.4, 0.5) is 8.78 Å². The van der Waals surface area contributed by atoms with E-state index in [-0.39, 0.29) is 17.2 Å². The minimum absolute atomic E-state index is 0.0237. The summed E-state index contributed by atoms with van der Waals surface area (Å²) in [7, 11) is -3.54. The molecule has 1 rings (SSSR count). The zero-order valence-corrected chi connectivity index (χ0v) is 11.4. The summed E-state index contributed by atoms with van der Waals surface area (Å²) in [6.45, 7) is 1.45. The summed E-state index contributed by atoms with van der Waals surface area (Å²) < 4.78 is 51.9. The summed E-state index contributed by atoms with van der Waals surface area (Å²) in [5.74, 6) is -1.18. The van der Waals surface area contributed by atoms with Crippen LogP contribution in [0.25, 0.3) is 0 Å². The molecule has 0 bridgehead atoms. The van der Waals surface area contributed by atoms with Crippen molar-refractivity contribution in [1.82, 2.24) is 4.72 Å². The van der Waals surface area contributed by atoms with Crippen molar-refractivity contribution in [3.05, 3.63) is 35.4 Å². The summed E-state index contributed by atoms with van der Waals surface area (Å²) in [5, 5.41) is 0. The maximum Gasteiger partial charge on any atom is 0.212 e. The van der Waals surface area contributed by atoms with E-state index in [9.17, 15) is 17.2 Å². The van der Waals surface area contributed by atoms with Crippen LogP contribution in [0.2, 0.25) is 0 Å². The highest BCUT2D eigenvalue weighted by Gasteiger charge is 2.18. The van der Waals surface area contributed by atoms with E-state index in [2.05, 4.69) is 4.72 Å². The lowest BCUT2D eigenvalue weighted by Gasteiger charge is -2.15. The van der Waals surface area contributed by atoms with Crippen LogP contribution >= 0.6 is 11.6 Å². The topological polar surface area (TPSA) is 46.2 Å². The molecule has 7 heteroatoms. The molecule has 1 atom stereocenters. The van der Waals surface area contributed by atoms with Gasteiger partial charge >= 0.3 is 0 Å². The Bertz CT molecular complexity index is 508. The Morgan fingerprint density at radius 1 is 1.39 bits per heavy atom. The van der Waals surface area contributed by atoms with Gasteiger partial charge in [-0.2, -0.15) is 0 Å². The standard InChI is InChI=1S/C11H14ClF2NO2S/c1-8(15-18(16,17)6-2-5-12)10-7-9(13)3-4-11(10)14/h3-4,7-8,15H,2,5-6H2,1H3. The number of rotatable bonds is 6. The maximum atomic E-state index is 13.4. The smallest absolute Gasteiger partial charge is 0.212 e. The van der Waals surface area contributed by atoms with Crippen molar-refractivity contribution in [2.75, 3.05) is 11.6 Å². The highest BCUT2D eigenvalue weighted by Crippen LogP contribution is 2.18. The van der Waals surface area contributed by atoms with Crippen LogP contribution in [0.3, 0.4) is 0 Å². The highest BCUT2D eigenvalue weighted by atomic mass is 35.5. The molecule has 0 aromatic heterocycles. The van der Waals surface area contributed by atoms with Crippen LogP contribution < -0.4 is 4.72 Å². The molecule has 0 heterocycles. The number of alkyl halides is 1. The fraction of sp³-hybridized carbons (Fsp3) is 0.455. The molecule has 0 saturated carbocycles. The third-order valence-corrected chi connectivity index (χ3v) is 4.13. The summed E-state index contributed by atoms with van der Waals surface area (Å²) in [6.07, 6.45) is 0.301. The fourth-order valence-corrected chi connectivity index (χ4v) is 3.08. The third-order valence-electron chi connectivity index (χ3n) is 2.33. The first-order chi connectivity index (χ1) is 8.35. The van der Waals surface area contributed by atoms with Gasteiger partial charge in [-0.25, -0.2) is 21.9 Å². The van der Waals surface area contributed by atoms with E-state index in [0.717, 1.165) is 18.2 Å². The summed E-state index contributed by atoms with van der Waals surface area (Å²) >= 11 is 5.41. The number of halogens is 3. The minimum atomic E-state index is -3.54. The molecule has 0 aliphatic heterocycles. The molecule has 1 N–H and O–H groups in total. The third kappa shape index (κ3) is 4.51. The maximum absolute atomic E-state index is 13.4. The molecular formula is C11H14ClF2NO2S. The van der Waals surface area contributed by atoms with Gasteiger partial charge in [0, 0.05) is 17.5 Å². The van der Waals surface area contributed by atoms with Crippen molar-refractivity contribution in [3.63, 3.8) is 0 Å². The second-order valence-corrected chi connectivity index (χ2v) is 6.12. The van der Waals surface area contributed by atoms with Crippen LogP contribution in [0, 0.1) is 11.6 Å². The molecule has 1 unspecified atom stereocenters. The fourth-order valence-electron chi connectivity index (χ4n) is 1.48. The molecule has 0 radical (unpaired) electrons. The first kappa shape index (κ1) is 15.3. The lowest BCUT2D eigenvalue weighted by molar-refractivity contribution is 0.541. The Morgan fingerprint density at radius 2 is 2.06 bits per heavy atom. The minimum Gasteiger partial charge on any atom is -0.212 e. The first-order valence-electron chi connectivity index (χ1n) is 5.36. The Kier molecular flexibility index (Phi) is 5.49. The molecule has 1 aromatic rings. The Morgan fingerprint density at radius 3 is 2.67 bits per heavy atom. The van der Waals surface area contributed by atoms with E-state index >= 15 is 0 Å². The van der Waals surface area contributed by atoms with Gasteiger partial charge in [0.1, 0.15) is 11.6 Å². The van der Waals surface area contributed by atoms with Gasteiger partial charge in [0.25, 0.3) is 0 Å². The van der Waals surface area contributed by atoms with Gasteiger partial charge in [0.05, 0.1) is 5.75 Å². The lowest BCUT2D eigenvalue weighted by Crippen LogP contribution is -2.29. The van der Waals surface area contributed by atoms with Crippen molar-refractivity contribution in [3.8, 4) is 0 Å². The number of sulfonamides is 1. The predicted octanol–water partition coefficient (Wildman–Crippen LogP) is 2.57. The molecule has 18 heavy (non-hydrogen) atoms. The van der Waals surface area contributed by atoms with Gasteiger partial charge in [-0.05, 0) is 31.5 Å².